The van der Waals surface area contributed by atoms with Crippen LogP contribution in [0.15, 0.2) is 66.7 Å². The molecule has 0 bridgehead atoms. The number of aryl methyl sites for hydroxylation is 1. The number of benzene rings is 3. The van der Waals surface area contributed by atoms with Crippen LogP contribution in [0.3, 0.4) is 0 Å². The van der Waals surface area contributed by atoms with Crippen molar-refractivity contribution in [1.29, 1.82) is 0 Å². The fraction of sp³-hybridized carbons (Fsp3) is 0.269. The standard InChI is InChI=1S/C26H27NO5/c1-16-11-12-24(31-2)21(13-16)25(29)23(28)14-27-26(30)32-15-22-19-9-5-3-7-17(19)18-8-4-6-10-20(18)22/h3-13,22-23,25,28-29H,14-15H2,1-2H3,(H,27,30). The van der Waals surface area contributed by atoms with Crippen LogP contribution < -0.4 is 10.1 Å². The number of fused-ring (bicyclic) bond motifs is 3. The SMILES string of the molecule is COc1ccc(C)cc1C(O)C(O)CNC(=O)OCC1c2ccccc2-c2ccccc21. The Balaban J connectivity index is 1.36. The molecule has 3 N–H and O–H groups in total. The molecule has 0 fully saturated rings. The number of ether oxygens (including phenoxy) is 2. The lowest BCUT2D eigenvalue weighted by Gasteiger charge is -2.21. The zero-order chi connectivity index (χ0) is 22.7. The molecule has 3 aromatic carbocycles. The summed E-state index contributed by atoms with van der Waals surface area (Å²) in [5.41, 5.74) is 5.96. The normalized spacial score (nSPS) is 14.2. The van der Waals surface area contributed by atoms with Crippen LogP contribution in [0, 0.1) is 6.92 Å². The van der Waals surface area contributed by atoms with Gasteiger partial charge in [0.25, 0.3) is 0 Å². The Kier molecular flexibility index (Phi) is 6.44. The van der Waals surface area contributed by atoms with Crippen LogP contribution in [0.25, 0.3) is 11.1 Å². The van der Waals surface area contributed by atoms with Gasteiger partial charge in [-0.1, -0.05) is 60.2 Å². The molecule has 0 aliphatic heterocycles. The number of aliphatic hydroxyl groups excluding tert-OH is 2. The first-order valence-corrected chi connectivity index (χ1v) is 10.6. The summed E-state index contributed by atoms with van der Waals surface area (Å²) in [7, 11) is 1.50. The Bertz CT molecular complexity index is 1070. The van der Waals surface area contributed by atoms with Gasteiger partial charge < -0.3 is 25.0 Å². The molecule has 0 spiro atoms. The third-order valence-corrected chi connectivity index (χ3v) is 5.87. The van der Waals surface area contributed by atoms with Crippen molar-refractivity contribution in [3.05, 3.63) is 89.0 Å². The molecule has 32 heavy (non-hydrogen) atoms. The van der Waals surface area contributed by atoms with Crippen molar-refractivity contribution in [3.8, 4) is 16.9 Å². The van der Waals surface area contributed by atoms with Crippen LogP contribution >= 0.6 is 0 Å². The Morgan fingerprint density at radius 1 is 1.00 bits per heavy atom. The lowest BCUT2D eigenvalue weighted by atomic mass is 9.98. The highest BCUT2D eigenvalue weighted by molar-refractivity contribution is 5.79. The molecule has 0 radical (unpaired) electrons. The van der Waals surface area contributed by atoms with Crippen molar-refractivity contribution in [3.63, 3.8) is 0 Å². The Morgan fingerprint density at radius 3 is 2.25 bits per heavy atom. The van der Waals surface area contributed by atoms with Gasteiger partial charge in [-0.2, -0.15) is 0 Å². The highest BCUT2D eigenvalue weighted by atomic mass is 16.5. The van der Waals surface area contributed by atoms with E-state index in [1.165, 1.54) is 7.11 Å². The molecule has 0 saturated carbocycles. The number of rotatable bonds is 7. The van der Waals surface area contributed by atoms with Gasteiger partial charge in [-0.05, 0) is 41.3 Å². The van der Waals surface area contributed by atoms with Crippen molar-refractivity contribution in [2.24, 2.45) is 0 Å². The second kappa shape index (κ2) is 9.42. The lowest BCUT2D eigenvalue weighted by Crippen LogP contribution is -2.36. The Hall–Kier alpha value is -3.35. The number of carbonyl (C=O) groups excluding carboxylic acids is 1. The van der Waals surface area contributed by atoms with Gasteiger partial charge in [0, 0.05) is 18.0 Å². The molecule has 0 saturated heterocycles. The van der Waals surface area contributed by atoms with Crippen molar-refractivity contribution < 1.29 is 24.5 Å². The van der Waals surface area contributed by atoms with Crippen molar-refractivity contribution in [1.82, 2.24) is 5.32 Å². The summed E-state index contributed by atoms with van der Waals surface area (Å²) >= 11 is 0. The Morgan fingerprint density at radius 2 is 1.62 bits per heavy atom. The third kappa shape index (κ3) is 4.33. The van der Waals surface area contributed by atoms with E-state index < -0.39 is 18.3 Å². The van der Waals surface area contributed by atoms with E-state index in [1.807, 2.05) is 37.3 Å². The van der Waals surface area contributed by atoms with Gasteiger partial charge in [-0.3, -0.25) is 0 Å². The minimum absolute atomic E-state index is 0.0415. The molecule has 0 aromatic heterocycles. The largest absolute Gasteiger partial charge is 0.496 e. The Labute approximate surface area is 187 Å². The van der Waals surface area contributed by atoms with Crippen LogP contribution in [0.4, 0.5) is 4.79 Å². The van der Waals surface area contributed by atoms with E-state index in [9.17, 15) is 15.0 Å². The second-order valence-electron chi connectivity index (χ2n) is 7.96. The van der Waals surface area contributed by atoms with E-state index in [0.29, 0.717) is 11.3 Å². The maximum Gasteiger partial charge on any atom is 0.407 e. The van der Waals surface area contributed by atoms with Crippen molar-refractivity contribution in [2.75, 3.05) is 20.3 Å². The van der Waals surface area contributed by atoms with E-state index >= 15 is 0 Å². The average Bonchev–Trinajstić information content (AvgIpc) is 3.14. The quantitative estimate of drug-likeness (QED) is 0.525. The highest BCUT2D eigenvalue weighted by Crippen LogP contribution is 2.44. The predicted molar refractivity (Wildman–Crippen MR) is 122 cm³/mol. The number of nitrogens with one attached hydrogen (secondary N) is 1. The number of amides is 1. The summed E-state index contributed by atoms with van der Waals surface area (Å²) in [5.74, 6) is 0.434. The average molecular weight is 434 g/mol. The maximum atomic E-state index is 12.3. The predicted octanol–water partition coefficient (Wildman–Crippen LogP) is 3.94. The van der Waals surface area contributed by atoms with Gasteiger partial charge in [-0.15, -0.1) is 0 Å². The lowest BCUT2D eigenvalue weighted by molar-refractivity contribution is 0.0172. The fourth-order valence-electron chi connectivity index (χ4n) is 4.24. The third-order valence-electron chi connectivity index (χ3n) is 5.87. The van der Waals surface area contributed by atoms with Gasteiger partial charge in [0.2, 0.25) is 0 Å². The van der Waals surface area contributed by atoms with Gasteiger partial charge >= 0.3 is 6.09 Å². The summed E-state index contributed by atoms with van der Waals surface area (Å²) in [6, 6.07) is 21.6. The molecule has 6 heteroatoms. The number of aliphatic hydroxyl groups is 2. The monoisotopic (exact) mass is 433 g/mol. The van der Waals surface area contributed by atoms with E-state index in [-0.39, 0.29) is 19.1 Å². The molecule has 2 unspecified atom stereocenters. The van der Waals surface area contributed by atoms with Crippen molar-refractivity contribution >= 4 is 6.09 Å². The van der Waals surface area contributed by atoms with Crippen LogP contribution in [0.1, 0.15) is 34.3 Å². The first-order valence-electron chi connectivity index (χ1n) is 10.6. The van der Waals surface area contributed by atoms with Crippen LogP contribution in [0.2, 0.25) is 0 Å². The zero-order valence-corrected chi connectivity index (χ0v) is 18.1. The topological polar surface area (TPSA) is 88.0 Å². The molecule has 1 aliphatic carbocycles. The summed E-state index contributed by atoms with van der Waals surface area (Å²) in [6.45, 7) is 1.91. The van der Waals surface area contributed by atoms with E-state index in [1.54, 1.807) is 12.1 Å². The molecule has 6 nitrogen and oxygen atoms in total. The van der Waals surface area contributed by atoms with E-state index in [2.05, 4.69) is 29.6 Å². The van der Waals surface area contributed by atoms with E-state index in [4.69, 9.17) is 9.47 Å². The van der Waals surface area contributed by atoms with Gasteiger partial charge in [0.15, 0.2) is 0 Å². The minimum atomic E-state index is -1.22. The van der Waals surface area contributed by atoms with Crippen LogP contribution in [-0.2, 0) is 4.74 Å². The summed E-state index contributed by atoms with van der Waals surface area (Å²) in [4.78, 5) is 12.3. The maximum absolute atomic E-state index is 12.3. The smallest absolute Gasteiger partial charge is 0.407 e. The highest BCUT2D eigenvalue weighted by Gasteiger charge is 2.29. The summed E-state index contributed by atoms with van der Waals surface area (Å²) < 4.78 is 10.7. The van der Waals surface area contributed by atoms with Crippen LogP contribution in [0.5, 0.6) is 5.75 Å². The first-order chi connectivity index (χ1) is 15.5. The molecule has 2 atom stereocenters. The molecule has 0 heterocycles. The summed E-state index contributed by atoms with van der Waals surface area (Å²) in [6.07, 6.45) is -3.07. The molecule has 1 aliphatic rings. The number of hydrogen-bond acceptors (Lipinski definition) is 5. The minimum Gasteiger partial charge on any atom is -0.496 e. The molecule has 1 amide bonds. The van der Waals surface area contributed by atoms with E-state index in [0.717, 1.165) is 27.8 Å². The summed E-state index contributed by atoms with van der Waals surface area (Å²) in [5, 5.41) is 23.5. The molecule has 4 rings (SSSR count). The second-order valence-corrected chi connectivity index (χ2v) is 7.96. The van der Waals surface area contributed by atoms with Crippen molar-refractivity contribution in [2.45, 2.75) is 25.0 Å². The number of carbonyl (C=O) groups is 1. The van der Waals surface area contributed by atoms with Crippen LogP contribution in [-0.4, -0.2) is 42.7 Å². The fourth-order valence-corrected chi connectivity index (χ4v) is 4.24. The number of hydrogen-bond donors (Lipinski definition) is 3. The molecular weight excluding hydrogens is 406 g/mol. The van der Waals surface area contributed by atoms with Gasteiger partial charge in [0.1, 0.15) is 24.6 Å². The molecule has 3 aromatic rings. The van der Waals surface area contributed by atoms with Gasteiger partial charge in [0.05, 0.1) is 7.11 Å². The molecule has 166 valence electrons. The van der Waals surface area contributed by atoms with Gasteiger partial charge in [-0.25, -0.2) is 4.79 Å². The zero-order valence-electron chi connectivity index (χ0n) is 18.1. The number of methoxy groups -OCH3 is 1. The molecular formula is C26H27NO5. The first kappa shape index (κ1) is 21.9. The number of alkyl carbamates (subject to hydrolysis) is 1.